The predicted molar refractivity (Wildman–Crippen MR) is 95.0 cm³/mol. The third kappa shape index (κ3) is 3.93. The van der Waals surface area contributed by atoms with Gasteiger partial charge in [-0.3, -0.25) is 0 Å². The van der Waals surface area contributed by atoms with Crippen molar-refractivity contribution in [1.82, 2.24) is 20.0 Å². The molecule has 1 fully saturated rings. The minimum absolute atomic E-state index is 0.258. The minimum Gasteiger partial charge on any atom is -0.367 e. The van der Waals surface area contributed by atoms with Gasteiger partial charge in [0.2, 0.25) is 0 Å². The number of anilines is 1. The molecule has 3 heterocycles. The van der Waals surface area contributed by atoms with E-state index in [-0.39, 0.29) is 5.92 Å². The van der Waals surface area contributed by atoms with Gasteiger partial charge in [-0.2, -0.15) is 4.98 Å². The highest BCUT2D eigenvalue weighted by Gasteiger charge is 2.21. The minimum atomic E-state index is 0.258. The molecule has 6 nitrogen and oxygen atoms in total. The van der Waals surface area contributed by atoms with Gasteiger partial charge in [0, 0.05) is 37.3 Å². The van der Waals surface area contributed by atoms with Crippen LogP contribution in [0.25, 0.3) is 11.5 Å². The zero-order valence-electron chi connectivity index (χ0n) is 15.0. The third-order valence-electron chi connectivity index (χ3n) is 4.58. The first-order valence-electron chi connectivity index (χ1n) is 8.83. The van der Waals surface area contributed by atoms with E-state index >= 15 is 0 Å². The van der Waals surface area contributed by atoms with Crippen molar-refractivity contribution >= 4 is 5.82 Å². The molecule has 0 aliphatic carbocycles. The van der Waals surface area contributed by atoms with Gasteiger partial charge >= 0.3 is 0 Å². The normalized spacial score (nSPS) is 16.9. The molecule has 0 unspecified atom stereocenters. The van der Waals surface area contributed by atoms with Crippen molar-refractivity contribution in [3.05, 3.63) is 24.2 Å². The molecule has 1 N–H and O–H groups in total. The van der Waals surface area contributed by atoms with E-state index in [1.807, 2.05) is 26.0 Å². The van der Waals surface area contributed by atoms with Crippen LogP contribution in [0.3, 0.4) is 0 Å². The molecule has 0 aromatic carbocycles. The zero-order valence-corrected chi connectivity index (χ0v) is 15.0. The highest BCUT2D eigenvalue weighted by molar-refractivity contribution is 5.54. The van der Waals surface area contributed by atoms with E-state index in [4.69, 9.17) is 4.52 Å². The van der Waals surface area contributed by atoms with Crippen LogP contribution in [0.5, 0.6) is 0 Å². The fourth-order valence-corrected chi connectivity index (χ4v) is 2.96. The van der Waals surface area contributed by atoms with Gasteiger partial charge in [-0.1, -0.05) is 19.0 Å². The first-order chi connectivity index (χ1) is 11.5. The first kappa shape index (κ1) is 16.9. The molecule has 6 heteroatoms. The van der Waals surface area contributed by atoms with E-state index in [0.717, 1.165) is 43.1 Å². The second kappa shape index (κ2) is 7.30. The summed E-state index contributed by atoms with van der Waals surface area (Å²) < 4.78 is 5.31. The molecular formula is C18H27N5O. The molecule has 130 valence electrons. The molecule has 0 atom stereocenters. The Labute approximate surface area is 143 Å². The van der Waals surface area contributed by atoms with Crippen LogP contribution < -0.4 is 5.32 Å². The molecule has 24 heavy (non-hydrogen) atoms. The van der Waals surface area contributed by atoms with Gasteiger partial charge in [0.25, 0.3) is 5.89 Å². The highest BCUT2D eigenvalue weighted by atomic mass is 16.5. The molecular weight excluding hydrogens is 302 g/mol. The summed E-state index contributed by atoms with van der Waals surface area (Å²) in [5.41, 5.74) is 0.856. The zero-order chi connectivity index (χ0) is 17.1. The Hall–Kier alpha value is -1.95. The topological polar surface area (TPSA) is 67.1 Å². The Morgan fingerprint density at radius 2 is 1.92 bits per heavy atom. The van der Waals surface area contributed by atoms with E-state index in [2.05, 4.69) is 39.2 Å². The number of piperidine rings is 1. The number of hydrogen-bond acceptors (Lipinski definition) is 6. The maximum absolute atomic E-state index is 5.31. The van der Waals surface area contributed by atoms with Gasteiger partial charge in [-0.05, 0) is 38.8 Å². The standard InChI is InChI=1S/C18H27N5O/c1-12(2)17-21-18(24-22-17)14-5-6-16(19-11-14)20-15-7-9-23(10-8-15)13(3)4/h5-6,11-13,15H,7-10H2,1-4H3,(H,19,20). The Bertz CT molecular complexity index is 642. The number of rotatable bonds is 5. The molecule has 3 rings (SSSR count). The lowest BCUT2D eigenvalue weighted by molar-refractivity contribution is 0.177. The second-order valence-corrected chi connectivity index (χ2v) is 7.09. The maximum atomic E-state index is 5.31. The van der Waals surface area contributed by atoms with Crippen LogP contribution in [-0.2, 0) is 0 Å². The van der Waals surface area contributed by atoms with Crippen LogP contribution in [0, 0.1) is 0 Å². The van der Waals surface area contributed by atoms with Crippen LogP contribution in [0.2, 0.25) is 0 Å². The van der Waals surface area contributed by atoms with Crippen LogP contribution in [0.1, 0.15) is 52.3 Å². The number of pyridine rings is 1. The maximum Gasteiger partial charge on any atom is 0.259 e. The molecule has 0 radical (unpaired) electrons. The van der Waals surface area contributed by atoms with Gasteiger partial charge in [0.1, 0.15) is 5.82 Å². The fourth-order valence-electron chi connectivity index (χ4n) is 2.96. The Balaban J connectivity index is 1.59. The Kier molecular flexibility index (Phi) is 5.14. The number of nitrogens with one attached hydrogen (secondary N) is 1. The van der Waals surface area contributed by atoms with Gasteiger partial charge in [-0.25, -0.2) is 4.98 Å². The predicted octanol–water partition coefficient (Wildman–Crippen LogP) is 3.54. The smallest absolute Gasteiger partial charge is 0.259 e. The van der Waals surface area contributed by atoms with Crippen LogP contribution in [-0.4, -0.2) is 45.2 Å². The number of likely N-dealkylation sites (tertiary alicyclic amines) is 1. The largest absolute Gasteiger partial charge is 0.367 e. The van der Waals surface area contributed by atoms with E-state index in [9.17, 15) is 0 Å². The van der Waals surface area contributed by atoms with Crippen molar-refractivity contribution in [2.45, 2.75) is 58.5 Å². The Morgan fingerprint density at radius 3 is 2.46 bits per heavy atom. The lowest BCUT2D eigenvalue weighted by atomic mass is 10.0. The second-order valence-electron chi connectivity index (χ2n) is 7.09. The summed E-state index contributed by atoms with van der Waals surface area (Å²) in [6.45, 7) is 10.9. The quantitative estimate of drug-likeness (QED) is 0.905. The molecule has 0 saturated carbocycles. The van der Waals surface area contributed by atoms with E-state index in [0.29, 0.717) is 18.0 Å². The van der Waals surface area contributed by atoms with Crippen molar-refractivity contribution in [2.24, 2.45) is 0 Å². The summed E-state index contributed by atoms with van der Waals surface area (Å²) in [7, 11) is 0. The van der Waals surface area contributed by atoms with E-state index in [1.165, 1.54) is 0 Å². The van der Waals surface area contributed by atoms with Gasteiger partial charge in [0.05, 0.1) is 5.56 Å². The van der Waals surface area contributed by atoms with E-state index < -0.39 is 0 Å². The van der Waals surface area contributed by atoms with Crippen LogP contribution in [0.4, 0.5) is 5.82 Å². The van der Waals surface area contributed by atoms with E-state index in [1.54, 1.807) is 6.20 Å². The van der Waals surface area contributed by atoms with Crippen molar-refractivity contribution in [1.29, 1.82) is 0 Å². The molecule has 0 amide bonds. The number of nitrogens with zero attached hydrogens (tertiary/aromatic N) is 4. The summed E-state index contributed by atoms with van der Waals surface area (Å²) in [5, 5.41) is 7.53. The molecule has 0 bridgehead atoms. The SMILES string of the molecule is CC(C)c1noc(-c2ccc(NC3CCN(C(C)C)CC3)nc2)n1. The lowest BCUT2D eigenvalue weighted by Crippen LogP contribution is -2.42. The van der Waals surface area contributed by atoms with Gasteiger partial charge in [0.15, 0.2) is 5.82 Å². The third-order valence-corrected chi connectivity index (χ3v) is 4.58. The lowest BCUT2D eigenvalue weighted by Gasteiger charge is -2.35. The fraction of sp³-hybridized carbons (Fsp3) is 0.611. The number of hydrogen-bond donors (Lipinski definition) is 1. The molecule has 0 spiro atoms. The van der Waals surface area contributed by atoms with Crippen LogP contribution >= 0.6 is 0 Å². The molecule has 1 saturated heterocycles. The van der Waals surface area contributed by atoms with Gasteiger partial charge < -0.3 is 14.7 Å². The molecule has 2 aromatic heterocycles. The monoisotopic (exact) mass is 329 g/mol. The average Bonchev–Trinajstić information content (AvgIpc) is 3.06. The van der Waals surface area contributed by atoms with Gasteiger partial charge in [-0.15, -0.1) is 0 Å². The number of aromatic nitrogens is 3. The summed E-state index contributed by atoms with van der Waals surface area (Å²) in [5.74, 6) is 2.42. The summed E-state index contributed by atoms with van der Waals surface area (Å²) in [6, 6.07) is 5.10. The van der Waals surface area contributed by atoms with Crippen molar-refractivity contribution in [3.63, 3.8) is 0 Å². The van der Waals surface area contributed by atoms with Crippen molar-refractivity contribution in [2.75, 3.05) is 18.4 Å². The molecule has 1 aliphatic heterocycles. The van der Waals surface area contributed by atoms with Crippen molar-refractivity contribution in [3.8, 4) is 11.5 Å². The summed E-state index contributed by atoms with van der Waals surface area (Å²) in [6.07, 6.45) is 4.11. The molecule has 1 aliphatic rings. The molecule has 2 aromatic rings. The summed E-state index contributed by atoms with van der Waals surface area (Å²) in [4.78, 5) is 11.4. The Morgan fingerprint density at radius 1 is 1.17 bits per heavy atom. The average molecular weight is 329 g/mol. The van der Waals surface area contributed by atoms with Crippen LogP contribution in [0.15, 0.2) is 22.9 Å². The highest BCUT2D eigenvalue weighted by Crippen LogP contribution is 2.21. The first-order valence-corrected chi connectivity index (χ1v) is 8.83. The van der Waals surface area contributed by atoms with Crippen molar-refractivity contribution < 1.29 is 4.52 Å². The summed E-state index contributed by atoms with van der Waals surface area (Å²) >= 11 is 0.